The Balaban J connectivity index is 2.38. The van der Waals surface area contributed by atoms with Crippen molar-refractivity contribution in [2.24, 2.45) is 0 Å². The first-order valence-corrected chi connectivity index (χ1v) is 5.75. The van der Waals surface area contributed by atoms with Crippen LogP contribution in [0.4, 0.5) is 0 Å². The predicted octanol–water partition coefficient (Wildman–Crippen LogP) is 3.14. The van der Waals surface area contributed by atoms with Crippen molar-refractivity contribution in [1.82, 2.24) is 0 Å². The van der Waals surface area contributed by atoms with Crippen LogP contribution in [0.25, 0.3) is 0 Å². The summed E-state index contributed by atoms with van der Waals surface area (Å²) in [5.41, 5.74) is 0.520. The maximum atomic E-state index is 12.3. The van der Waals surface area contributed by atoms with Crippen LogP contribution in [0.1, 0.15) is 34.7 Å². The summed E-state index contributed by atoms with van der Waals surface area (Å²) in [6.45, 7) is 3.19. The Morgan fingerprint density at radius 1 is 1.06 bits per heavy atom. The molecule has 3 heteroatoms. The monoisotopic (exact) mass is 242 g/mol. The molecule has 1 aromatic carbocycles. The fourth-order valence-corrected chi connectivity index (χ4v) is 1.89. The van der Waals surface area contributed by atoms with Crippen LogP contribution in [0.2, 0.25) is 0 Å². The number of hydrogen-bond donors (Lipinski definition) is 0. The molecule has 2 aromatic rings. The average molecular weight is 242 g/mol. The maximum Gasteiger partial charge on any atom is 0.180 e. The lowest BCUT2D eigenvalue weighted by Gasteiger charge is -2.10. The van der Waals surface area contributed by atoms with Gasteiger partial charge < -0.3 is 4.42 Å². The molecule has 1 heterocycles. The van der Waals surface area contributed by atoms with Gasteiger partial charge in [-0.15, -0.1) is 0 Å². The van der Waals surface area contributed by atoms with E-state index in [0.29, 0.717) is 17.1 Å². The molecule has 0 saturated carbocycles. The molecule has 18 heavy (non-hydrogen) atoms. The summed E-state index contributed by atoms with van der Waals surface area (Å²) in [4.78, 5) is 24.0. The molecule has 92 valence electrons. The van der Waals surface area contributed by atoms with Gasteiger partial charge in [-0.3, -0.25) is 9.59 Å². The minimum absolute atomic E-state index is 0.210. The van der Waals surface area contributed by atoms with Gasteiger partial charge >= 0.3 is 0 Å². The second kappa shape index (κ2) is 5.00. The highest BCUT2D eigenvalue weighted by Crippen LogP contribution is 2.24. The molecule has 0 bridgehead atoms. The normalized spacial score (nSPS) is 12.1. The van der Waals surface area contributed by atoms with Crippen molar-refractivity contribution in [2.75, 3.05) is 0 Å². The van der Waals surface area contributed by atoms with Gasteiger partial charge in [-0.2, -0.15) is 0 Å². The van der Waals surface area contributed by atoms with Crippen molar-refractivity contribution < 1.29 is 14.0 Å². The molecule has 0 radical (unpaired) electrons. The zero-order valence-electron chi connectivity index (χ0n) is 10.3. The van der Waals surface area contributed by atoms with Gasteiger partial charge in [-0.05, 0) is 26.0 Å². The number of Topliss-reactive ketones (excluding diaryl/α,β-unsaturated/α-hetero) is 2. The van der Waals surface area contributed by atoms with E-state index < -0.39 is 5.92 Å². The maximum absolute atomic E-state index is 12.3. The van der Waals surface area contributed by atoms with Crippen LogP contribution in [-0.4, -0.2) is 11.6 Å². The molecule has 1 atom stereocenters. The molecule has 0 fully saturated rings. The molecule has 0 saturated heterocycles. The second-order valence-corrected chi connectivity index (χ2v) is 4.22. The number of carbonyl (C=O) groups excluding carboxylic acids is 2. The third-order valence-electron chi connectivity index (χ3n) is 2.77. The third kappa shape index (κ3) is 2.40. The molecule has 1 unspecified atom stereocenters. The molecule has 0 spiro atoms. The molecule has 0 amide bonds. The van der Waals surface area contributed by atoms with Gasteiger partial charge in [0.15, 0.2) is 5.78 Å². The van der Waals surface area contributed by atoms with Gasteiger partial charge in [-0.25, -0.2) is 0 Å². The van der Waals surface area contributed by atoms with Crippen LogP contribution < -0.4 is 0 Å². The quantitative estimate of drug-likeness (QED) is 0.611. The molecule has 2 rings (SSSR count). The number of aryl methyl sites for hydroxylation is 1. The number of hydrogen-bond acceptors (Lipinski definition) is 3. The lowest BCUT2D eigenvalue weighted by Crippen LogP contribution is -2.19. The Hall–Kier alpha value is -2.16. The highest BCUT2D eigenvalue weighted by molar-refractivity contribution is 6.13. The van der Waals surface area contributed by atoms with Crippen LogP contribution in [0, 0.1) is 6.92 Å². The third-order valence-corrected chi connectivity index (χ3v) is 2.77. The van der Waals surface area contributed by atoms with Crippen LogP contribution in [0.15, 0.2) is 46.9 Å². The summed E-state index contributed by atoms with van der Waals surface area (Å²) in [6.07, 6.45) is 0. The lowest BCUT2D eigenvalue weighted by molar-refractivity contribution is -0.117. The zero-order chi connectivity index (χ0) is 13.1. The minimum Gasteiger partial charge on any atom is -0.465 e. The summed E-state index contributed by atoms with van der Waals surface area (Å²) in [5.74, 6) is -0.178. The smallest absolute Gasteiger partial charge is 0.180 e. The summed E-state index contributed by atoms with van der Waals surface area (Å²) in [7, 11) is 0. The first-order valence-electron chi connectivity index (χ1n) is 5.75. The number of carbonyl (C=O) groups is 2. The van der Waals surface area contributed by atoms with Crippen molar-refractivity contribution in [3.05, 3.63) is 59.5 Å². The zero-order valence-corrected chi connectivity index (χ0v) is 10.3. The van der Waals surface area contributed by atoms with Gasteiger partial charge in [0.2, 0.25) is 0 Å². The lowest BCUT2D eigenvalue weighted by atomic mass is 9.92. The van der Waals surface area contributed by atoms with E-state index in [-0.39, 0.29) is 11.6 Å². The van der Waals surface area contributed by atoms with E-state index in [1.165, 1.54) is 6.92 Å². The fraction of sp³-hybridized carbons (Fsp3) is 0.200. The van der Waals surface area contributed by atoms with Crippen molar-refractivity contribution in [3.8, 4) is 0 Å². The van der Waals surface area contributed by atoms with Crippen LogP contribution in [0.3, 0.4) is 0 Å². The number of ketones is 2. The summed E-state index contributed by atoms with van der Waals surface area (Å²) in [6, 6.07) is 12.2. The first kappa shape index (κ1) is 12.3. The predicted molar refractivity (Wildman–Crippen MR) is 67.6 cm³/mol. The molecule has 1 aromatic heterocycles. The average Bonchev–Trinajstić information content (AvgIpc) is 2.76. The Labute approximate surface area is 105 Å². The molecule has 3 nitrogen and oxygen atoms in total. The molecule has 0 aliphatic carbocycles. The van der Waals surface area contributed by atoms with E-state index in [4.69, 9.17) is 4.42 Å². The van der Waals surface area contributed by atoms with Crippen LogP contribution in [0.5, 0.6) is 0 Å². The van der Waals surface area contributed by atoms with Gasteiger partial charge in [-0.1, -0.05) is 30.3 Å². The van der Waals surface area contributed by atoms with E-state index in [1.807, 2.05) is 6.07 Å². The summed E-state index contributed by atoms with van der Waals surface area (Å²) < 4.78 is 5.41. The van der Waals surface area contributed by atoms with E-state index in [9.17, 15) is 9.59 Å². The van der Waals surface area contributed by atoms with E-state index in [2.05, 4.69) is 0 Å². The standard InChI is InChI=1S/C15H14O3/c1-10-8-9-13(18-10)14(11(2)16)15(17)12-6-4-3-5-7-12/h3-9,14H,1-2H3. The summed E-state index contributed by atoms with van der Waals surface area (Å²) >= 11 is 0. The molecular formula is C15H14O3. The van der Waals surface area contributed by atoms with Gasteiger partial charge in [0.05, 0.1) is 0 Å². The number of rotatable bonds is 4. The highest BCUT2D eigenvalue weighted by Gasteiger charge is 2.28. The highest BCUT2D eigenvalue weighted by atomic mass is 16.3. The molecular weight excluding hydrogens is 228 g/mol. The number of furan rings is 1. The van der Waals surface area contributed by atoms with Crippen molar-refractivity contribution in [3.63, 3.8) is 0 Å². The fourth-order valence-electron chi connectivity index (χ4n) is 1.89. The summed E-state index contributed by atoms with van der Waals surface area (Å²) in [5, 5.41) is 0. The SMILES string of the molecule is CC(=O)C(C(=O)c1ccccc1)c1ccc(C)o1. The van der Waals surface area contributed by atoms with E-state index >= 15 is 0 Å². The van der Waals surface area contributed by atoms with Crippen molar-refractivity contribution in [2.45, 2.75) is 19.8 Å². The topological polar surface area (TPSA) is 47.3 Å². The Morgan fingerprint density at radius 2 is 1.72 bits per heavy atom. The first-order chi connectivity index (χ1) is 8.59. The molecule has 0 N–H and O–H groups in total. The van der Waals surface area contributed by atoms with Gasteiger partial charge in [0, 0.05) is 5.56 Å². The van der Waals surface area contributed by atoms with Gasteiger partial charge in [0.25, 0.3) is 0 Å². The van der Waals surface area contributed by atoms with Crippen LogP contribution >= 0.6 is 0 Å². The Bertz CT molecular complexity index is 566. The molecule has 0 aliphatic heterocycles. The second-order valence-electron chi connectivity index (χ2n) is 4.22. The minimum atomic E-state index is -0.846. The van der Waals surface area contributed by atoms with Crippen molar-refractivity contribution in [1.29, 1.82) is 0 Å². The van der Waals surface area contributed by atoms with Gasteiger partial charge in [0.1, 0.15) is 23.2 Å². The Kier molecular flexibility index (Phi) is 3.42. The van der Waals surface area contributed by atoms with Crippen LogP contribution in [-0.2, 0) is 4.79 Å². The number of benzene rings is 1. The van der Waals surface area contributed by atoms with E-state index in [0.717, 1.165) is 0 Å². The Morgan fingerprint density at radius 3 is 2.22 bits per heavy atom. The van der Waals surface area contributed by atoms with Crippen molar-refractivity contribution >= 4 is 11.6 Å². The molecule has 0 aliphatic rings. The van der Waals surface area contributed by atoms with E-state index in [1.54, 1.807) is 43.3 Å². The largest absolute Gasteiger partial charge is 0.465 e.